The number of amides is 1. The molecule has 3 heterocycles. The number of likely N-dealkylation sites (tertiary alicyclic amines) is 1. The first-order valence-corrected chi connectivity index (χ1v) is 8.49. The molecule has 1 aliphatic heterocycles. The Labute approximate surface area is 141 Å². The maximum Gasteiger partial charge on any atom is 0.243 e. The predicted molar refractivity (Wildman–Crippen MR) is 94.6 cm³/mol. The third-order valence-electron chi connectivity index (χ3n) is 4.90. The zero-order chi connectivity index (χ0) is 16.5. The lowest BCUT2D eigenvalue weighted by atomic mass is 10.1. The largest absolute Gasteiger partial charge is 0.338 e. The Morgan fingerprint density at radius 3 is 2.88 bits per heavy atom. The number of carbonyl (C=O) groups is 1. The van der Waals surface area contributed by atoms with E-state index in [-0.39, 0.29) is 11.9 Å². The minimum Gasteiger partial charge on any atom is -0.338 e. The number of aryl methyl sites for hydroxylation is 1. The van der Waals surface area contributed by atoms with Crippen LogP contribution in [-0.2, 0) is 11.3 Å². The second kappa shape index (κ2) is 6.11. The molecule has 0 aliphatic carbocycles. The lowest BCUT2D eigenvalue weighted by molar-refractivity contribution is -0.132. The van der Waals surface area contributed by atoms with Crippen molar-refractivity contribution in [3.8, 4) is 0 Å². The fourth-order valence-electron chi connectivity index (χ4n) is 3.74. The number of hydrogen-bond donors (Lipinski definition) is 0. The molecule has 4 rings (SSSR count). The molecule has 0 radical (unpaired) electrons. The minimum absolute atomic E-state index is 0.113. The van der Waals surface area contributed by atoms with Gasteiger partial charge in [-0.25, -0.2) is 0 Å². The van der Waals surface area contributed by atoms with Crippen molar-refractivity contribution in [3.05, 3.63) is 66.1 Å². The fraction of sp³-hybridized carbons (Fsp3) is 0.300. The van der Waals surface area contributed by atoms with E-state index in [1.807, 2.05) is 35.2 Å². The molecule has 0 unspecified atom stereocenters. The van der Waals surface area contributed by atoms with Gasteiger partial charge in [0.25, 0.3) is 0 Å². The number of nitrogens with zero attached hydrogens (tertiary/aromatic N) is 3. The van der Waals surface area contributed by atoms with Crippen LogP contribution < -0.4 is 0 Å². The van der Waals surface area contributed by atoms with Gasteiger partial charge in [0.05, 0.1) is 11.7 Å². The third-order valence-corrected chi connectivity index (χ3v) is 4.90. The van der Waals surface area contributed by atoms with Crippen molar-refractivity contribution in [1.29, 1.82) is 0 Å². The summed E-state index contributed by atoms with van der Waals surface area (Å²) in [6.45, 7) is 3.30. The molecular formula is C20H21N3O. The molecule has 3 aromatic rings. The fourth-order valence-corrected chi connectivity index (χ4v) is 3.74. The van der Waals surface area contributed by atoms with Gasteiger partial charge in [0.15, 0.2) is 0 Å². The van der Waals surface area contributed by atoms with Crippen LogP contribution in [0.25, 0.3) is 10.9 Å². The van der Waals surface area contributed by atoms with Crippen LogP contribution in [0.15, 0.2) is 54.9 Å². The first-order chi connectivity index (χ1) is 11.7. The molecule has 1 fully saturated rings. The van der Waals surface area contributed by atoms with E-state index in [4.69, 9.17) is 0 Å². The van der Waals surface area contributed by atoms with E-state index in [0.717, 1.165) is 30.6 Å². The molecule has 122 valence electrons. The van der Waals surface area contributed by atoms with Gasteiger partial charge >= 0.3 is 0 Å². The van der Waals surface area contributed by atoms with Gasteiger partial charge in [-0.05, 0) is 43.5 Å². The van der Waals surface area contributed by atoms with Crippen LogP contribution in [0.2, 0.25) is 0 Å². The lowest BCUT2D eigenvalue weighted by Crippen LogP contribution is -2.33. The van der Waals surface area contributed by atoms with Crippen LogP contribution in [0.4, 0.5) is 0 Å². The standard InChI is InChI=1S/C20H21N3O/c1-15-13-22(18-9-3-2-7-16(15)18)14-20(24)23-12-6-10-19(23)17-8-4-5-11-21-17/h2-5,7-9,11,13,19H,6,10,12,14H2,1H3/t19-/m0/s1. The molecule has 24 heavy (non-hydrogen) atoms. The number of carbonyl (C=O) groups excluding carboxylic acids is 1. The van der Waals surface area contributed by atoms with E-state index in [2.05, 4.69) is 34.8 Å². The number of pyridine rings is 1. The summed E-state index contributed by atoms with van der Waals surface area (Å²) in [5, 5.41) is 1.22. The Hall–Kier alpha value is -2.62. The second-order valence-electron chi connectivity index (χ2n) is 6.46. The summed E-state index contributed by atoms with van der Waals surface area (Å²) in [6.07, 6.45) is 5.92. The van der Waals surface area contributed by atoms with Gasteiger partial charge in [-0.15, -0.1) is 0 Å². The molecule has 4 nitrogen and oxygen atoms in total. The molecule has 1 aliphatic rings. The molecule has 0 saturated carbocycles. The highest BCUT2D eigenvalue weighted by atomic mass is 16.2. The van der Waals surface area contributed by atoms with Gasteiger partial charge in [0, 0.05) is 29.8 Å². The molecule has 1 atom stereocenters. The number of aromatic nitrogens is 2. The number of benzene rings is 1. The Bertz CT molecular complexity index is 869. The summed E-state index contributed by atoms with van der Waals surface area (Å²) >= 11 is 0. The Morgan fingerprint density at radius 2 is 2.04 bits per heavy atom. The summed E-state index contributed by atoms with van der Waals surface area (Å²) in [4.78, 5) is 19.4. The van der Waals surface area contributed by atoms with Gasteiger partial charge in [-0.3, -0.25) is 9.78 Å². The average molecular weight is 319 g/mol. The molecule has 1 aromatic carbocycles. The number of fused-ring (bicyclic) bond motifs is 1. The number of para-hydroxylation sites is 1. The van der Waals surface area contributed by atoms with E-state index >= 15 is 0 Å². The molecule has 0 spiro atoms. The third kappa shape index (κ3) is 2.58. The van der Waals surface area contributed by atoms with Crippen molar-refractivity contribution >= 4 is 16.8 Å². The lowest BCUT2D eigenvalue weighted by Gasteiger charge is -2.24. The number of rotatable bonds is 3. The summed E-state index contributed by atoms with van der Waals surface area (Å²) in [7, 11) is 0. The quantitative estimate of drug-likeness (QED) is 0.738. The smallest absolute Gasteiger partial charge is 0.243 e. The van der Waals surface area contributed by atoms with E-state index < -0.39 is 0 Å². The van der Waals surface area contributed by atoms with Gasteiger partial charge in [0.1, 0.15) is 6.54 Å². The van der Waals surface area contributed by atoms with E-state index in [1.54, 1.807) is 6.20 Å². The Kier molecular flexibility index (Phi) is 3.81. The second-order valence-corrected chi connectivity index (χ2v) is 6.46. The monoisotopic (exact) mass is 319 g/mol. The maximum absolute atomic E-state index is 12.9. The first-order valence-electron chi connectivity index (χ1n) is 8.49. The van der Waals surface area contributed by atoms with Crippen molar-refractivity contribution in [2.75, 3.05) is 6.54 Å². The van der Waals surface area contributed by atoms with Crippen LogP contribution in [-0.4, -0.2) is 26.9 Å². The highest BCUT2D eigenvalue weighted by molar-refractivity contribution is 5.86. The molecule has 0 bridgehead atoms. The minimum atomic E-state index is 0.113. The van der Waals surface area contributed by atoms with Crippen LogP contribution in [0.1, 0.15) is 30.1 Å². The SMILES string of the molecule is Cc1cn(CC(=O)N2CCC[C@H]2c2ccccn2)c2ccccc12. The van der Waals surface area contributed by atoms with Gasteiger partial charge < -0.3 is 9.47 Å². The van der Waals surface area contributed by atoms with Crippen LogP contribution >= 0.6 is 0 Å². The average Bonchev–Trinajstić information content (AvgIpc) is 3.22. The van der Waals surface area contributed by atoms with Crippen LogP contribution in [0, 0.1) is 6.92 Å². The first kappa shape index (κ1) is 14.9. The Balaban J connectivity index is 1.59. The molecule has 2 aromatic heterocycles. The zero-order valence-electron chi connectivity index (χ0n) is 13.9. The summed E-state index contributed by atoms with van der Waals surface area (Å²) in [5.74, 6) is 0.170. The molecule has 1 saturated heterocycles. The van der Waals surface area contributed by atoms with E-state index in [1.165, 1.54) is 10.9 Å². The molecule has 1 amide bonds. The number of hydrogen-bond acceptors (Lipinski definition) is 2. The zero-order valence-corrected chi connectivity index (χ0v) is 13.9. The highest BCUT2D eigenvalue weighted by Crippen LogP contribution is 2.31. The van der Waals surface area contributed by atoms with Crippen molar-refractivity contribution in [1.82, 2.24) is 14.5 Å². The van der Waals surface area contributed by atoms with Crippen molar-refractivity contribution in [2.45, 2.75) is 32.4 Å². The topological polar surface area (TPSA) is 38.1 Å². The normalized spacial score (nSPS) is 17.5. The summed E-state index contributed by atoms with van der Waals surface area (Å²) in [6, 6.07) is 14.3. The van der Waals surface area contributed by atoms with Crippen molar-refractivity contribution < 1.29 is 4.79 Å². The molecule has 4 heteroatoms. The molecule has 0 N–H and O–H groups in total. The summed E-state index contributed by atoms with van der Waals surface area (Å²) < 4.78 is 2.07. The van der Waals surface area contributed by atoms with Gasteiger partial charge in [0.2, 0.25) is 5.91 Å². The van der Waals surface area contributed by atoms with Crippen molar-refractivity contribution in [2.24, 2.45) is 0 Å². The highest BCUT2D eigenvalue weighted by Gasteiger charge is 2.30. The van der Waals surface area contributed by atoms with Crippen LogP contribution in [0.3, 0.4) is 0 Å². The van der Waals surface area contributed by atoms with Crippen molar-refractivity contribution in [3.63, 3.8) is 0 Å². The van der Waals surface area contributed by atoms with Gasteiger partial charge in [-0.1, -0.05) is 24.3 Å². The molecular weight excluding hydrogens is 298 g/mol. The van der Waals surface area contributed by atoms with E-state index in [0.29, 0.717) is 6.54 Å². The Morgan fingerprint density at radius 1 is 1.21 bits per heavy atom. The predicted octanol–water partition coefficient (Wildman–Crippen LogP) is 3.71. The van der Waals surface area contributed by atoms with E-state index in [9.17, 15) is 4.79 Å². The van der Waals surface area contributed by atoms with Gasteiger partial charge in [-0.2, -0.15) is 0 Å². The van der Waals surface area contributed by atoms with Crippen LogP contribution in [0.5, 0.6) is 0 Å². The maximum atomic E-state index is 12.9. The summed E-state index contributed by atoms with van der Waals surface area (Å²) in [5.41, 5.74) is 3.33.